The maximum atomic E-state index is 10.6. The molecule has 6 nitrogen and oxygen atoms in total. The van der Waals surface area contributed by atoms with E-state index >= 15 is 0 Å². The molecule has 0 amide bonds. The summed E-state index contributed by atoms with van der Waals surface area (Å²) in [6.07, 6.45) is 4.25. The van der Waals surface area contributed by atoms with Crippen LogP contribution < -0.4 is 0 Å². The van der Waals surface area contributed by atoms with Crippen molar-refractivity contribution >= 4 is 40.4 Å². The van der Waals surface area contributed by atoms with Crippen molar-refractivity contribution in [2.24, 2.45) is 15.0 Å². The summed E-state index contributed by atoms with van der Waals surface area (Å²) in [5.74, 6) is 0. The molecule has 0 aliphatic rings. The number of rotatable bonds is 4. The topological polar surface area (TPSA) is 88.3 Å². The zero-order valence-corrected chi connectivity index (χ0v) is 10.2. The van der Waals surface area contributed by atoms with Crippen molar-refractivity contribution in [2.75, 3.05) is 0 Å². The minimum absolute atomic E-state index is 0.0211. The Morgan fingerprint density at radius 2 is 1.70 bits per heavy atom. The molecule has 0 radical (unpaired) electrons. The molecule has 2 rings (SSSR count). The van der Waals surface area contributed by atoms with Crippen molar-refractivity contribution in [3.8, 4) is 0 Å². The summed E-state index contributed by atoms with van der Waals surface area (Å²) in [5, 5.41) is 1.53. The molecule has 0 saturated carbocycles. The Kier molecular flexibility index (Phi) is 4.07. The van der Waals surface area contributed by atoms with Crippen LogP contribution in [0.25, 0.3) is 10.8 Å². The molecule has 0 atom stereocenters. The van der Waals surface area contributed by atoms with Crippen molar-refractivity contribution in [1.82, 2.24) is 0 Å². The molecule has 20 heavy (non-hydrogen) atoms. The van der Waals surface area contributed by atoms with Crippen LogP contribution in [-0.4, -0.2) is 18.2 Å². The van der Waals surface area contributed by atoms with Crippen molar-refractivity contribution in [3.63, 3.8) is 0 Å². The predicted octanol–water partition coefficient (Wildman–Crippen LogP) is 2.61. The van der Waals surface area contributed by atoms with Crippen LogP contribution in [0.3, 0.4) is 0 Å². The number of hydrogen-bond donors (Lipinski definition) is 0. The first-order valence-corrected chi connectivity index (χ1v) is 5.55. The fraction of sp³-hybridized carbons (Fsp3) is 0.0714. The van der Waals surface area contributed by atoms with Gasteiger partial charge in [-0.25, -0.2) is 19.4 Å². The zero-order chi connectivity index (χ0) is 14.4. The highest BCUT2D eigenvalue weighted by Gasteiger charge is 2.12. The van der Waals surface area contributed by atoms with Crippen LogP contribution in [0.15, 0.2) is 45.3 Å². The molecule has 0 aromatic heterocycles. The molecular formula is C14H7N3O3. The van der Waals surface area contributed by atoms with E-state index in [0.717, 1.165) is 10.8 Å². The molecule has 0 aliphatic carbocycles. The minimum atomic E-state index is -0.0211. The van der Waals surface area contributed by atoms with E-state index in [1.165, 1.54) is 18.2 Å². The molecule has 6 heteroatoms. The molecule has 0 fully saturated rings. The number of nitrogens with zero attached hydrogens (tertiary/aromatic N) is 3. The third-order valence-electron chi connectivity index (χ3n) is 2.73. The highest BCUT2D eigenvalue weighted by atomic mass is 16.1. The van der Waals surface area contributed by atoms with Crippen LogP contribution in [0.5, 0.6) is 0 Å². The van der Waals surface area contributed by atoms with Gasteiger partial charge in [0.05, 0.1) is 6.54 Å². The molecule has 2 aromatic rings. The lowest BCUT2D eigenvalue weighted by Crippen LogP contribution is -1.87. The lowest BCUT2D eigenvalue weighted by molar-refractivity contribution is 0.562. The highest BCUT2D eigenvalue weighted by molar-refractivity contribution is 5.95. The predicted molar refractivity (Wildman–Crippen MR) is 71.3 cm³/mol. The van der Waals surface area contributed by atoms with Gasteiger partial charge in [-0.15, -0.1) is 0 Å². The van der Waals surface area contributed by atoms with Crippen LogP contribution >= 0.6 is 0 Å². The molecule has 0 N–H and O–H groups in total. The Morgan fingerprint density at radius 3 is 2.40 bits per heavy atom. The molecule has 0 saturated heterocycles. The Balaban J connectivity index is 2.91. The van der Waals surface area contributed by atoms with Crippen molar-refractivity contribution < 1.29 is 14.4 Å². The van der Waals surface area contributed by atoms with Crippen molar-refractivity contribution in [3.05, 3.63) is 35.9 Å². The van der Waals surface area contributed by atoms with E-state index < -0.39 is 0 Å². The summed E-state index contributed by atoms with van der Waals surface area (Å²) in [5.41, 5.74) is 0.836. The Bertz CT molecular complexity index is 810. The molecule has 0 heterocycles. The average molecular weight is 265 g/mol. The summed E-state index contributed by atoms with van der Waals surface area (Å²) in [6.45, 7) is -0.0211. The van der Waals surface area contributed by atoms with E-state index in [-0.39, 0.29) is 17.9 Å². The Labute approximate surface area is 113 Å². The standard InChI is InChI=1S/C14H7N3O3/c18-7-15-6-12-11-4-2-1-3-10(11)5-13(16-8-19)14(12)17-9-20/h1-5H,6H2. The summed E-state index contributed by atoms with van der Waals surface area (Å²) in [6, 6.07) is 8.81. The number of isocyanates is 3. The molecule has 0 aliphatic heterocycles. The van der Waals surface area contributed by atoms with E-state index in [2.05, 4.69) is 15.0 Å². The first kappa shape index (κ1) is 13.3. The van der Waals surface area contributed by atoms with E-state index in [1.807, 2.05) is 12.1 Å². The molecule has 0 unspecified atom stereocenters. The molecule has 0 bridgehead atoms. The summed E-state index contributed by atoms with van der Waals surface area (Å²) < 4.78 is 0. The second kappa shape index (κ2) is 6.14. The lowest BCUT2D eigenvalue weighted by atomic mass is 10.0. The van der Waals surface area contributed by atoms with Gasteiger partial charge in [-0.1, -0.05) is 24.3 Å². The van der Waals surface area contributed by atoms with Gasteiger partial charge in [-0.3, -0.25) is 0 Å². The van der Waals surface area contributed by atoms with Gasteiger partial charge >= 0.3 is 0 Å². The monoisotopic (exact) mass is 265 g/mol. The maximum absolute atomic E-state index is 10.6. The van der Waals surface area contributed by atoms with Crippen LogP contribution in [0.1, 0.15) is 5.56 Å². The highest BCUT2D eigenvalue weighted by Crippen LogP contribution is 2.38. The Hall–Kier alpha value is -3.16. The molecule has 0 spiro atoms. The maximum Gasteiger partial charge on any atom is 0.240 e. The van der Waals surface area contributed by atoms with E-state index in [1.54, 1.807) is 18.2 Å². The van der Waals surface area contributed by atoms with Gasteiger partial charge in [0.25, 0.3) is 0 Å². The second-order valence-corrected chi connectivity index (χ2v) is 3.76. The van der Waals surface area contributed by atoms with Crippen molar-refractivity contribution in [1.29, 1.82) is 0 Å². The largest absolute Gasteiger partial charge is 0.240 e. The summed E-state index contributed by atoms with van der Waals surface area (Å²) in [7, 11) is 0. The first-order chi connectivity index (χ1) is 9.81. The smallest absolute Gasteiger partial charge is 0.211 e. The number of hydrogen-bond acceptors (Lipinski definition) is 6. The normalized spacial score (nSPS) is 9.20. The van der Waals surface area contributed by atoms with Gasteiger partial charge in [0, 0.05) is 5.56 Å². The van der Waals surface area contributed by atoms with E-state index in [9.17, 15) is 14.4 Å². The fourth-order valence-electron chi connectivity index (χ4n) is 1.97. The zero-order valence-electron chi connectivity index (χ0n) is 10.2. The quantitative estimate of drug-likeness (QED) is 0.628. The summed E-state index contributed by atoms with van der Waals surface area (Å²) in [4.78, 5) is 41.9. The SMILES string of the molecule is O=C=NCc1c(N=C=O)c(N=C=O)cc2ccccc12. The molecule has 2 aromatic carbocycles. The number of carbonyl (C=O) groups excluding carboxylic acids is 3. The van der Waals surface area contributed by atoms with Gasteiger partial charge in [-0.05, 0) is 16.8 Å². The summed E-state index contributed by atoms with van der Waals surface area (Å²) >= 11 is 0. The van der Waals surface area contributed by atoms with Gasteiger partial charge in [0.2, 0.25) is 18.2 Å². The lowest BCUT2D eigenvalue weighted by Gasteiger charge is -2.08. The molecular weight excluding hydrogens is 258 g/mol. The van der Waals surface area contributed by atoms with Gasteiger partial charge < -0.3 is 0 Å². The van der Waals surface area contributed by atoms with Gasteiger partial charge in [-0.2, -0.15) is 9.98 Å². The van der Waals surface area contributed by atoms with E-state index in [0.29, 0.717) is 5.56 Å². The average Bonchev–Trinajstić information content (AvgIpc) is 2.47. The van der Waals surface area contributed by atoms with Gasteiger partial charge in [0.15, 0.2) is 0 Å². The van der Waals surface area contributed by atoms with Crippen LogP contribution in [-0.2, 0) is 20.9 Å². The Morgan fingerprint density at radius 1 is 0.950 bits per heavy atom. The second-order valence-electron chi connectivity index (χ2n) is 3.76. The fourth-order valence-corrected chi connectivity index (χ4v) is 1.97. The number of fused-ring (bicyclic) bond motifs is 1. The van der Waals surface area contributed by atoms with Crippen LogP contribution in [0.4, 0.5) is 11.4 Å². The third kappa shape index (κ3) is 2.48. The number of aliphatic imine (C=N–C) groups is 3. The minimum Gasteiger partial charge on any atom is -0.211 e. The first-order valence-electron chi connectivity index (χ1n) is 5.55. The number of benzene rings is 2. The van der Waals surface area contributed by atoms with Crippen molar-refractivity contribution in [2.45, 2.75) is 6.54 Å². The van der Waals surface area contributed by atoms with Crippen LogP contribution in [0.2, 0.25) is 0 Å². The third-order valence-corrected chi connectivity index (χ3v) is 2.73. The van der Waals surface area contributed by atoms with E-state index in [4.69, 9.17) is 0 Å². The molecule has 96 valence electrons. The van der Waals surface area contributed by atoms with Gasteiger partial charge in [0.1, 0.15) is 11.4 Å². The van der Waals surface area contributed by atoms with Crippen LogP contribution in [0, 0.1) is 0 Å².